The summed E-state index contributed by atoms with van der Waals surface area (Å²) >= 11 is 0. The van der Waals surface area contributed by atoms with Crippen LogP contribution in [0.3, 0.4) is 0 Å². The van der Waals surface area contributed by atoms with E-state index in [1.165, 1.54) is 5.69 Å². The largest absolute Gasteiger partial charge is 0.330 e. The Labute approximate surface area is 104 Å². The Morgan fingerprint density at radius 2 is 2.00 bits per heavy atom. The van der Waals surface area contributed by atoms with E-state index < -0.39 is 0 Å². The predicted molar refractivity (Wildman–Crippen MR) is 71.0 cm³/mol. The van der Waals surface area contributed by atoms with Gasteiger partial charge in [0.05, 0.1) is 0 Å². The van der Waals surface area contributed by atoms with Gasteiger partial charge in [-0.15, -0.1) is 12.4 Å². The first kappa shape index (κ1) is 15.4. The lowest BCUT2D eigenvalue weighted by Crippen LogP contribution is -2.23. The first-order chi connectivity index (χ1) is 7.33. The third-order valence-corrected chi connectivity index (χ3v) is 2.44. The Morgan fingerprint density at radius 1 is 1.25 bits per heavy atom. The minimum Gasteiger partial charge on any atom is -0.330 e. The van der Waals surface area contributed by atoms with Gasteiger partial charge in [-0.1, -0.05) is 6.07 Å². The molecule has 2 N–H and O–H groups in total. The van der Waals surface area contributed by atoms with Gasteiger partial charge in [-0.05, 0) is 58.1 Å². The first-order valence-electron chi connectivity index (χ1n) is 5.61. The van der Waals surface area contributed by atoms with Crippen molar-refractivity contribution in [3.05, 3.63) is 30.1 Å². The quantitative estimate of drug-likeness (QED) is 0.793. The highest BCUT2D eigenvalue weighted by Crippen LogP contribution is 1.99. The fraction of sp³-hybridized carbons (Fsp3) is 0.583. The highest BCUT2D eigenvalue weighted by atomic mass is 35.5. The van der Waals surface area contributed by atoms with Crippen molar-refractivity contribution in [3.63, 3.8) is 0 Å². The zero-order chi connectivity index (χ0) is 10.9. The van der Waals surface area contributed by atoms with Crippen molar-refractivity contribution in [2.75, 3.05) is 26.7 Å². The lowest BCUT2D eigenvalue weighted by atomic mass is 10.2. The molecule has 0 fully saturated rings. The van der Waals surface area contributed by atoms with Crippen LogP contribution in [0.4, 0.5) is 0 Å². The Morgan fingerprint density at radius 3 is 2.62 bits per heavy atom. The van der Waals surface area contributed by atoms with Gasteiger partial charge in [-0.25, -0.2) is 0 Å². The molecule has 0 saturated heterocycles. The second kappa shape index (κ2) is 9.58. The molecule has 0 aromatic carbocycles. The third-order valence-electron chi connectivity index (χ3n) is 2.44. The normalized spacial score (nSPS) is 10.2. The number of aromatic nitrogens is 1. The Kier molecular flexibility index (Phi) is 9.19. The summed E-state index contributed by atoms with van der Waals surface area (Å²) < 4.78 is 0. The maximum atomic E-state index is 5.46. The van der Waals surface area contributed by atoms with Crippen LogP contribution in [0.15, 0.2) is 24.4 Å². The van der Waals surface area contributed by atoms with Crippen LogP contribution in [0.25, 0.3) is 0 Å². The average Bonchev–Trinajstić information content (AvgIpc) is 2.28. The number of hydrogen-bond acceptors (Lipinski definition) is 3. The molecule has 0 atom stereocenters. The zero-order valence-corrected chi connectivity index (χ0v) is 10.7. The molecule has 0 aliphatic carbocycles. The molecule has 3 nitrogen and oxygen atoms in total. The number of nitrogens with zero attached hydrogens (tertiary/aromatic N) is 2. The maximum Gasteiger partial charge on any atom is 0.0404 e. The van der Waals surface area contributed by atoms with Crippen LogP contribution in [0, 0.1) is 0 Å². The molecule has 1 aromatic heterocycles. The van der Waals surface area contributed by atoms with E-state index in [2.05, 4.69) is 23.0 Å². The highest BCUT2D eigenvalue weighted by Gasteiger charge is 1.98. The van der Waals surface area contributed by atoms with E-state index in [4.69, 9.17) is 5.73 Å². The van der Waals surface area contributed by atoms with E-state index >= 15 is 0 Å². The summed E-state index contributed by atoms with van der Waals surface area (Å²) in [5.74, 6) is 0. The molecule has 16 heavy (non-hydrogen) atoms. The van der Waals surface area contributed by atoms with Crippen LogP contribution in [0.5, 0.6) is 0 Å². The van der Waals surface area contributed by atoms with Gasteiger partial charge in [0.2, 0.25) is 0 Å². The fourth-order valence-electron chi connectivity index (χ4n) is 1.55. The fourth-order valence-corrected chi connectivity index (χ4v) is 1.55. The lowest BCUT2D eigenvalue weighted by Gasteiger charge is -2.15. The van der Waals surface area contributed by atoms with Gasteiger partial charge in [-0.2, -0.15) is 0 Å². The van der Waals surface area contributed by atoms with E-state index in [1.807, 2.05) is 18.3 Å². The van der Waals surface area contributed by atoms with Crippen LogP contribution in [0.1, 0.15) is 18.5 Å². The van der Waals surface area contributed by atoms with E-state index in [0.29, 0.717) is 0 Å². The topological polar surface area (TPSA) is 42.1 Å². The number of hydrogen-bond donors (Lipinski definition) is 1. The Bertz CT molecular complexity index is 254. The number of pyridine rings is 1. The molecule has 0 aliphatic rings. The molecule has 0 bridgehead atoms. The van der Waals surface area contributed by atoms with Gasteiger partial charge in [0.25, 0.3) is 0 Å². The van der Waals surface area contributed by atoms with Crippen molar-refractivity contribution in [2.45, 2.75) is 19.3 Å². The number of nitrogens with two attached hydrogens (primary N) is 1. The molecular weight excluding hydrogens is 222 g/mol. The smallest absolute Gasteiger partial charge is 0.0404 e. The van der Waals surface area contributed by atoms with Gasteiger partial charge in [0, 0.05) is 11.9 Å². The van der Waals surface area contributed by atoms with Crippen LogP contribution in [-0.2, 0) is 6.42 Å². The molecule has 0 spiro atoms. The van der Waals surface area contributed by atoms with Crippen molar-refractivity contribution >= 4 is 12.4 Å². The van der Waals surface area contributed by atoms with Crippen molar-refractivity contribution in [3.8, 4) is 0 Å². The molecule has 1 aromatic rings. The lowest BCUT2D eigenvalue weighted by molar-refractivity contribution is 0.326. The minimum atomic E-state index is 0. The third kappa shape index (κ3) is 6.77. The van der Waals surface area contributed by atoms with Gasteiger partial charge < -0.3 is 10.6 Å². The van der Waals surface area contributed by atoms with E-state index in [0.717, 1.165) is 38.9 Å². The first-order valence-corrected chi connectivity index (χ1v) is 5.61. The minimum absolute atomic E-state index is 0. The second-order valence-corrected chi connectivity index (χ2v) is 3.87. The van der Waals surface area contributed by atoms with Crippen LogP contribution in [0.2, 0.25) is 0 Å². The second-order valence-electron chi connectivity index (χ2n) is 3.87. The average molecular weight is 244 g/mol. The summed E-state index contributed by atoms with van der Waals surface area (Å²) in [4.78, 5) is 6.63. The molecule has 4 heteroatoms. The van der Waals surface area contributed by atoms with Crippen molar-refractivity contribution in [2.24, 2.45) is 5.73 Å². The van der Waals surface area contributed by atoms with E-state index in [1.54, 1.807) is 0 Å². The van der Waals surface area contributed by atoms with Crippen molar-refractivity contribution in [1.82, 2.24) is 9.88 Å². The maximum absolute atomic E-state index is 5.46. The van der Waals surface area contributed by atoms with Crippen LogP contribution >= 0.6 is 12.4 Å². The van der Waals surface area contributed by atoms with E-state index in [9.17, 15) is 0 Å². The SMILES string of the molecule is CN(CCCN)CCCc1ccccn1.Cl. The summed E-state index contributed by atoms with van der Waals surface area (Å²) in [5, 5.41) is 0. The Balaban J connectivity index is 0.00000225. The zero-order valence-electron chi connectivity index (χ0n) is 9.93. The molecule has 0 amide bonds. The number of aryl methyl sites for hydroxylation is 1. The molecule has 92 valence electrons. The standard InChI is InChI=1S/C12H21N3.ClH/c1-15(11-5-8-13)10-4-7-12-6-2-3-9-14-12;/h2-3,6,9H,4-5,7-8,10-11,13H2,1H3;1H. The summed E-state index contributed by atoms with van der Waals surface area (Å²) in [7, 11) is 2.15. The van der Waals surface area contributed by atoms with Gasteiger partial charge in [0.1, 0.15) is 0 Å². The Hall–Kier alpha value is -0.640. The number of rotatable bonds is 7. The van der Waals surface area contributed by atoms with Gasteiger partial charge >= 0.3 is 0 Å². The monoisotopic (exact) mass is 243 g/mol. The van der Waals surface area contributed by atoms with Crippen molar-refractivity contribution < 1.29 is 0 Å². The highest BCUT2D eigenvalue weighted by molar-refractivity contribution is 5.85. The molecule has 0 unspecified atom stereocenters. The number of halogens is 1. The van der Waals surface area contributed by atoms with Gasteiger partial charge in [-0.3, -0.25) is 4.98 Å². The van der Waals surface area contributed by atoms with Crippen molar-refractivity contribution in [1.29, 1.82) is 0 Å². The molecular formula is C12H22ClN3. The predicted octanol–water partition coefficient (Wildman–Crippen LogP) is 1.72. The molecule has 1 rings (SSSR count). The summed E-state index contributed by atoms with van der Waals surface area (Å²) in [6.07, 6.45) is 5.17. The van der Waals surface area contributed by atoms with Crippen LogP contribution < -0.4 is 5.73 Å². The van der Waals surface area contributed by atoms with E-state index in [-0.39, 0.29) is 12.4 Å². The molecule has 0 radical (unpaired) electrons. The summed E-state index contributed by atoms with van der Waals surface area (Å²) in [6, 6.07) is 6.08. The molecule has 0 aliphatic heterocycles. The summed E-state index contributed by atoms with van der Waals surface area (Å²) in [5.41, 5.74) is 6.64. The summed E-state index contributed by atoms with van der Waals surface area (Å²) in [6.45, 7) is 3.00. The molecule has 1 heterocycles. The van der Waals surface area contributed by atoms with Gasteiger partial charge in [0.15, 0.2) is 0 Å². The van der Waals surface area contributed by atoms with Crippen LogP contribution in [-0.4, -0.2) is 36.6 Å². The molecule has 0 saturated carbocycles.